The molecule has 0 heterocycles. The predicted molar refractivity (Wildman–Crippen MR) is 278 cm³/mol. The molecule has 0 unspecified atom stereocenters. The summed E-state index contributed by atoms with van der Waals surface area (Å²) in [7, 11) is 0. The van der Waals surface area contributed by atoms with E-state index >= 15 is 0 Å². The molecule has 1 nitrogen and oxygen atoms in total. The lowest BCUT2D eigenvalue weighted by molar-refractivity contribution is 0.768. The molecule has 0 bridgehead atoms. The molecule has 0 fully saturated rings. The molecule has 0 aliphatic heterocycles. The molecule has 11 aromatic rings. The van der Waals surface area contributed by atoms with Crippen molar-refractivity contribution in [3.05, 3.63) is 295 Å². The van der Waals surface area contributed by atoms with Crippen LogP contribution in [-0.2, 0) is 5.41 Å². The number of rotatable bonds is 9. The normalized spacial score (nSPS) is 12.4. The molecule has 0 radical (unpaired) electrons. The number of hydrogen-bond acceptors (Lipinski definition) is 1. The predicted octanol–water partition coefficient (Wildman–Crippen LogP) is 17.3. The minimum absolute atomic E-state index is 0.549. The van der Waals surface area contributed by atoms with Gasteiger partial charge in [0.1, 0.15) is 0 Å². The summed E-state index contributed by atoms with van der Waals surface area (Å²) in [6.45, 7) is 0. The van der Waals surface area contributed by atoms with Crippen LogP contribution in [0, 0.1) is 0 Å². The molecule has 11 aromatic carbocycles. The van der Waals surface area contributed by atoms with E-state index in [1.54, 1.807) is 0 Å². The van der Waals surface area contributed by atoms with Crippen LogP contribution in [-0.4, -0.2) is 0 Å². The minimum Gasteiger partial charge on any atom is -0.309 e. The van der Waals surface area contributed by atoms with Gasteiger partial charge in [-0.3, -0.25) is 0 Å². The number of fused-ring (bicyclic) bond motifs is 4. The van der Waals surface area contributed by atoms with Gasteiger partial charge < -0.3 is 4.90 Å². The van der Waals surface area contributed by atoms with Crippen molar-refractivity contribution in [2.75, 3.05) is 4.90 Å². The van der Waals surface area contributed by atoms with Crippen molar-refractivity contribution in [1.29, 1.82) is 0 Å². The standard InChI is InChI=1S/C65H45N/c1-5-23-46(24-6-1)52-33-15-16-37-58(52)64-54(48-25-7-2-8-26-48)38-22-39-59(64)57-36-18-20-41-63(57)66(62-42-21-28-47-27-13-14-34-53(47)62)51-43-44-56-55-35-17-19-40-60(55)65(61(56)45-51,49-29-9-3-10-30-49)50-31-11-4-12-32-50/h1-45H. The number of para-hydroxylation sites is 1. The van der Waals surface area contributed by atoms with Gasteiger partial charge in [-0.25, -0.2) is 0 Å². The van der Waals surface area contributed by atoms with Gasteiger partial charge in [-0.05, 0) is 102 Å². The second-order valence-corrected chi connectivity index (χ2v) is 17.1. The van der Waals surface area contributed by atoms with Gasteiger partial charge in [0, 0.05) is 16.6 Å². The van der Waals surface area contributed by atoms with Crippen molar-refractivity contribution in [3.63, 3.8) is 0 Å². The van der Waals surface area contributed by atoms with E-state index in [0.29, 0.717) is 0 Å². The summed E-state index contributed by atoms with van der Waals surface area (Å²) in [5.41, 5.74) is 19.8. The lowest BCUT2D eigenvalue weighted by Gasteiger charge is -2.35. The highest BCUT2D eigenvalue weighted by Gasteiger charge is 2.46. The van der Waals surface area contributed by atoms with Crippen LogP contribution in [0.2, 0.25) is 0 Å². The number of hydrogen-bond donors (Lipinski definition) is 0. The third-order valence-corrected chi connectivity index (χ3v) is 13.6. The topological polar surface area (TPSA) is 3.24 Å². The van der Waals surface area contributed by atoms with Gasteiger partial charge >= 0.3 is 0 Å². The summed E-state index contributed by atoms with van der Waals surface area (Å²) in [5, 5.41) is 2.38. The van der Waals surface area contributed by atoms with Crippen LogP contribution in [0.5, 0.6) is 0 Å². The molecule has 12 rings (SSSR count). The van der Waals surface area contributed by atoms with Crippen LogP contribution in [0.4, 0.5) is 17.1 Å². The van der Waals surface area contributed by atoms with Crippen molar-refractivity contribution < 1.29 is 0 Å². The van der Waals surface area contributed by atoms with Crippen molar-refractivity contribution in [3.8, 4) is 55.6 Å². The summed E-state index contributed by atoms with van der Waals surface area (Å²) in [6, 6.07) is 100. The Hall–Kier alpha value is -8.52. The first-order chi connectivity index (χ1) is 32.8. The fourth-order valence-corrected chi connectivity index (χ4v) is 10.8. The first kappa shape index (κ1) is 39.1. The number of benzene rings is 11. The molecule has 0 spiro atoms. The molecule has 0 saturated heterocycles. The largest absolute Gasteiger partial charge is 0.309 e. The smallest absolute Gasteiger partial charge is 0.0714 e. The number of anilines is 3. The van der Waals surface area contributed by atoms with Gasteiger partial charge in [0.05, 0.1) is 16.8 Å². The zero-order valence-corrected chi connectivity index (χ0v) is 36.4. The Morgan fingerprint density at radius 3 is 1.45 bits per heavy atom. The average Bonchev–Trinajstić information content (AvgIpc) is 3.70. The summed E-state index contributed by atoms with van der Waals surface area (Å²) < 4.78 is 0. The van der Waals surface area contributed by atoms with Crippen LogP contribution in [0.3, 0.4) is 0 Å². The van der Waals surface area contributed by atoms with Crippen molar-refractivity contribution in [2.24, 2.45) is 0 Å². The van der Waals surface area contributed by atoms with E-state index in [0.717, 1.165) is 28.2 Å². The maximum atomic E-state index is 2.52. The molecule has 66 heavy (non-hydrogen) atoms. The fraction of sp³-hybridized carbons (Fsp3) is 0.0154. The highest BCUT2D eigenvalue weighted by molar-refractivity contribution is 6.06. The van der Waals surface area contributed by atoms with Crippen LogP contribution >= 0.6 is 0 Å². The lowest BCUT2D eigenvalue weighted by atomic mass is 9.67. The van der Waals surface area contributed by atoms with Crippen LogP contribution < -0.4 is 4.90 Å². The van der Waals surface area contributed by atoms with E-state index in [-0.39, 0.29) is 0 Å². The van der Waals surface area contributed by atoms with Crippen LogP contribution in [0.1, 0.15) is 22.3 Å². The zero-order chi connectivity index (χ0) is 43.9. The molecular formula is C65H45N. The first-order valence-corrected chi connectivity index (χ1v) is 22.8. The van der Waals surface area contributed by atoms with E-state index in [1.165, 1.54) is 77.5 Å². The maximum absolute atomic E-state index is 2.52. The minimum atomic E-state index is -0.549. The third-order valence-electron chi connectivity index (χ3n) is 13.6. The van der Waals surface area contributed by atoms with E-state index < -0.39 is 5.41 Å². The van der Waals surface area contributed by atoms with E-state index in [1.807, 2.05) is 0 Å². The highest BCUT2D eigenvalue weighted by Crippen LogP contribution is 2.58. The summed E-state index contributed by atoms with van der Waals surface area (Å²) in [5.74, 6) is 0. The van der Waals surface area contributed by atoms with Gasteiger partial charge in [0.25, 0.3) is 0 Å². The Kier molecular flexibility index (Phi) is 9.81. The van der Waals surface area contributed by atoms with E-state index in [9.17, 15) is 0 Å². The molecule has 1 aliphatic carbocycles. The van der Waals surface area contributed by atoms with Gasteiger partial charge in [0.2, 0.25) is 0 Å². The van der Waals surface area contributed by atoms with E-state index in [4.69, 9.17) is 0 Å². The summed E-state index contributed by atoms with van der Waals surface area (Å²) in [4.78, 5) is 2.52. The molecule has 310 valence electrons. The zero-order valence-electron chi connectivity index (χ0n) is 36.4. The van der Waals surface area contributed by atoms with Gasteiger partial charge in [-0.15, -0.1) is 0 Å². The molecule has 0 amide bonds. The Labute approximate surface area is 387 Å². The second kappa shape index (κ2) is 16.6. The monoisotopic (exact) mass is 839 g/mol. The Morgan fingerprint density at radius 2 is 0.742 bits per heavy atom. The SMILES string of the molecule is c1ccc(-c2ccccc2-c2c(-c3ccccc3)cccc2-c2ccccc2N(c2ccc3c(c2)C(c2ccccc2)(c2ccccc2)c2ccccc2-3)c2cccc3ccccc23)cc1. The molecule has 1 heteroatoms. The third kappa shape index (κ3) is 6.39. The van der Waals surface area contributed by atoms with Gasteiger partial charge in [-0.1, -0.05) is 249 Å². The number of nitrogens with zero attached hydrogens (tertiary/aromatic N) is 1. The fourth-order valence-electron chi connectivity index (χ4n) is 10.8. The van der Waals surface area contributed by atoms with Crippen molar-refractivity contribution in [2.45, 2.75) is 5.41 Å². The summed E-state index contributed by atoms with van der Waals surface area (Å²) >= 11 is 0. The average molecular weight is 840 g/mol. The Bertz CT molecular complexity index is 3480. The quantitative estimate of drug-likeness (QED) is 0.140. The summed E-state index contributed by atoms with van der Waals surface area (Å²) in [6.07, 6.45) is 0. The molecular weight excluding hydrogens is 795 g/mol. The van der Waals surface area contributed by atoms with Crippen molar-refractivity contribution in [1.82, 2.24) is 0 Å². The molecule has 0 saturated carbocycles. The van der Waals surface area contributed by atoms with Crippen molar-refractivity contribution >= 4 is 27.8 Å². The van der Waals surface area contributed by atoms with Crippen LogP contribution in [0.25, 0.3) is 66.4 Å². The van der Waals surface area contributed by atoms with E-state index in [2.05, 4.69) is 278 Å². The van der Waals surface area contributed by atoms with Gasteiger partial charge in [0.15, 0.2) is 0 Å². The molecule has 1 aliphatic rings. The van der Waals surface area contributed by atoms with Crippen LogP contribution in [0.15, 0.2) is 273 Å². The molecule has 0 aromatic heterocycles. The Balaban J connectivity index is 1.16. The Morgan fingerprint density at radius 1 is 0.273 bits per heavy atom. The van der Waals surface area contributed by atoms with Gasteiger partial charge in [-0.2, -0.15) is 0 Å². The molecule has 0 N–H and O–H groups in total. The highest BCUT2D eigenvalue weighted by atomic mass is 15.1. The molecule has 0 atom stereocenters. The second-order valence-electron chi connectivity index (χ2n) is 17.1. The maximum Gasteiger partial charge on any atom is 0.0714 e. The lowest BCUT2D eigenvalue weighted by Crippen LogP contribution is -2.28. The first-order valence-electron chi connectivity index (χ1n) is 22.8.